The standard InChI is InChI=1S/C20H16N6OS2/c1-10-11(2)28-18-15(10)19(23-12(3)22-18)29-20-24-16-14(17(27)25-20)9-21-26(16)13-7-5-4-6-8-13/h4-9H,1-3H3,(H,24,25,27). The molecule has 0 amide bonds. The number of thiophene rings is 1. The number of benzene rings is 1. The van der Waals surface area contributed by atoms with Crippen molar-refractivity contribution in [3.05, 3.63) is 63.1 Å². The first-order chi connectivity index (χ1) is 14.0. The number of nitrogens with one attached hydrogen (secondary N) is 1. The molecule has 144 valence electrons. The van der Waals surface area contributed by atoms with Crippen molar-refractivity contribution in [2.24, 2.45) is 0 Å². The number of hydrogen-bond acceptors (Lipinski definition) is 7. The molecule has 0 bridgehead atoms. The Balaban J connectivity index is 1.67. The van der Waals surface area contributed by atoms with E-state index in [1.165, 1.54) is 16.6 Å². The van der Waals surface area contributed by atoms with Crippen LogP contribution in [0.1, 0.15) is 16.3 Å². The quantitative estimate of drug-likeness (QED) is 0.348. The first kappa shape index (κ1) is 18.0. The molecule has 0 aliphatic rings. The third-order valence-corrected chi connectivity index (χ3v) is 6.69. The predicted octanol–water partition coefficient (Wildman–Crippen LogP) is 4.19. The molecule has 9 heteroatoms. The molecular weight excluding hydrogens is 404 g/mol. The van der Waals surface area contributed by atoms with E-state index in [4.69, 9.17) is 4.98 Å². The molecule has 0 atom stereocenters. The zero-order chi connectivity index (χ0) is 20.1. The van der Waals surface area contributed by atoms with E-state index in [1.807, 2.05) is 37.3 Å². The lowest BCUT2D eigenvalue weighted by Gasteiger charge is -2.06. The number of hydrogen-bond donors (Lipinski definition) is 1. The van der Waals surface area contributed by atoms with E-state index in [2.05, 4.69) is 33.9 Å². The van der Waals surface area contributed by atoms with Crippen LogP contribution >= 0.6 is 23.1 Å². The van der Waals surface area contributed by atoms with Crippen molar-refractivity contribution in [3.8, 4) is 5.69 Å². The molecular formula is C20H16N6OS2. The minimum atomic E-state index is -0.222. The van der Waals surface area contributed by atoms with E-state index < -0.39 is 0 Å². The molecule has 1 N–H and O–H groups in total. The number of aryl methyl sites for hydroxylation is 3. The molecule has 0 radical (unpaired) electrons. The summed E-state index contributed by atoms with van der Waals surface area (Å²) in [6.07, 6.45) is 1.54. The van der Waals surface area contributed by atoms with Crippen LogP contribution < -0.4 is 5.56 Å². The number of H-pyrrole nitrogens is 1. The van der Waals surface area contributed by atoms with Crippen molar-refractivity contribution in [3.63, 3.8) is 0 Å². The van der Waals surface area contributed by atoms with Gasteiger partial charge in [0.05, 0.1) is 11.9 Å². The highest BCUT2D eigenvalue weighted by atomic mass is 32.2. The fourth-order valence-electron chi connectivity index (χ4n) is 3.18. The Kier molecular flexibility index (Phi) is 4.21. The highest BCUT2D eigenvalue weighted by Gasteiger charge is 2.17. The predicted molar refractivity (Wildman–Crippen MR) is 115 cm³/mol. The van der Waals surface area contributed by atoms with Gasteiger partial charge in [0, 0.05) is 10.3 Å². The number of nitrogens with zero attached hydrogens (tertiary/aromatic N) is 5. The van der Waals surface area contributed by atoms with Crippen molar-refractivity contribution in [2.75, 3.05) is 0 Å². The molecule has 5 aromatic rings. The normalized spacial score (nSPS) is 11.6. The average molecular weight is 421 g/mol. The summed E-state index contributed by atoms with van der Waals surface area (Å²) in [7, 11) is 0. The maximum Gasteiger partial charge on any atom is 0.262 e. The van der Waals surface area contributed by atoms with E-state index >= 15 is 0 Å². The number of aromatic nitrogens is 6. The van der Waals surface area contributed by atoms with Crippen molar-refractivity contribution in [1.29, 1.82) is 0 Å². The Labute approximate surface area is 173 Å². The van der Waals surface area contributed by atoms with Crippen LogP contribution in [-0.2, 0) is 0 Å². The second-order valence-corrected chi connectivity index (χ2v) is 8.82. The molecule has 0 fully saturated rings. The summed E-state index contributed by atoms with van der Waals surface area (Å²) in [6.45, 7) is 6.02. The topological polar surface area (TPSA) is 89.4 Å². The van der Waals surface area contributed by atoms with Gasteiger partial charge < -0.3 is 4.98 Å². The molecule has 0 saturated carbocycles. The van der Waals surface area contributed by atoms with Gasteiger partial charge in [0.25, 0.3) is 5.56 Å². The van der Waals surface area contributed by atoms with Gasteiger partial charge in [-0.3, -0.25) is 4.79 Å². The smallest absolute Gasteiger partial charge is 0.262 e. The molecule has 0 spiro atoms. The summed E-state index contributed by atoms with van der Waals surface area (Å²) < 4.78 is 1.68. The van der Waals surface area contributed by atoms with Crippen molar-refractivity contribution in [2.45, 2.75) is 31.0 Å². The zero-order valence-electron chi connectivity index (χ0n) is 15.9. The van der Waals surface area contributed by atoms with E-state index in [9.17, 15) is 4.79 Å². The van der Waals surface area contributed by atoms with Crippen LogP contribution in [0.2, 0.25) is 0 Å². The van der Waals surface area contributed by atoms with Crippen LogP contribution in [0.3, 0.4) is 0 Å². The second-order valence-electron chi connectivity index (χ2n) is 6.64. The fourth-order valence-corrected chi connectivity index (χ4v) is 5.31. The van der Waals surface area contributed by atoms with Gasteiger partial charge in [-0.2, -0.15) is 5.10 Å². The Morgan fingerprint density at radius 2 is 1.86 bits per heavy atom. The summed E-state index contributed by atoms with van der Waals surface area (Å²) in [4.78, 5) is 31.5. The first-order valence-electron chi connectivity index (χ1n) is 8.97. The summed E-state index contributed by atoms with van der Waals surface area (Å²) in [5, 5.41) is 7.09. The largest absolute Gasteiger partial charge is 0.300 e. The van der Waals surface area contributed by atoms with Crippen molar-refractivity contribution in [1.82, 2.24) is 29.7 Å². The van der Waals surface area contributed by atoms with Gasteiger partial charge in [-0.05, 0) is 50.2 Å². The van der Waals surface area contributed by atoms with Gasteiger partial charge in [0.15, 0.2) is 10.8 Å². The molecule has 0 aliphatic carbocycles. The van der Waals surface area contributed by atoms with Crippen molar-refractivity contribution < 1.29 is 0 Å². The number of fused-ring (bicyclic) bond motifs is 2. The van der Waals surface area contributed by atoms with E-state index in [1.54, 1.807) is 22.2 Å². The van der Waals surface area contributed by atoms with Crippen LogP contribution in [-0.4, -0.2) is 29.7 Å². The van der Waals surface area contributed by atoms with Crippen LogP contribution in [0, 0.1) is 20.8 Å². The van der Waals surface area contributed by atoms with E-state index in [0.717, 1.165) is 26.5 Å². The monoisotopic (exact) mass is 420 g/mol. The van der Waals surface area contributed by atoms with Crippen molar-refractivity contribution >= 4 is 44.3 Å². The van der Waals surface area contributed by atoms with E-state index in [0.29, 0.717) is 22.0 Å². The van der Waals surface area contributed by atoms with Crippen LogP contribution in [0.25, 0.3) is 26.9 Å². The Morgan fingerprint density at radius 1 is 1.07 bits per heavy atom. The molecule has 4 heterocycles. The minimum Gasteiger partial charge on any atom is -0.300 e. The molecule has 29 heavy (non-hydrogen) atoms. The second kappa shape index (κ2) is 6.78. The van der Waals surface area contributed by atoms with Gasteiger partial charge >= 0.3 is 0 Å². The number of aromatic amines is 1. The lowest BCUT2D eigenvalue weighted by Crippen LogP contribution is -2.10. The zero-order valence-corrected chi connectivity index (χ0v) is 17.6. The number of para-hydroxylation sites is 1. The average Bonchev–Trinajstić information content (AvgIpc) is 3.24. The maximum absolute atomic E-state index is 12.6. The van der Waals surface area contributed by atoms with Gasteiger partial charge in [-0.25, -0.2) is 19.6 Å². The van der Waals surface area contributed by atoms with Gasteiger partial charge in [-0.1, -0.05) is 18.2 Å². The first-order valence-corrected chi connectivity index (χ1v) is 10.6. The fraction of sp³-hybridized carbons (Fsp3) is 0.150. The van der Waals surface area contributed by atoms with Crippen LogP contribution in [0.5, 0.6) is 0 Å². The molecule has 0 unspecified atom stereocenters. The third-order valence-electron chi connectivity index (χ3n) is 4.72. The third kappa shape index (κ3) is 3.02. The highest BCUT2D eigenvalue weighted by molar-refractivity contribution is 7.99. The molecule has 4 aromatic heterocycles. The van der Waals surface area contributed by atoms with Gasteiger partial charge in [0.2, 0.25) is 0 Å². The summed E-state index contributed by atoms with van der Waals surface area (Å²) in [6, 6.07) is 9.64. The summed E-state index contributed by atoms with van der Waals surface area (Å²) in [5.74, 6) is 0.694. The van der Waals surface area contributed by atoms with Gasteiger partial charge in [0.1, 0.15) is 21.1 Å². The van der Waals surface area contributed by atoms with E-state index in [-0.39, 0.29) is 5.56 Å². The molecule has 1 aromatic carbocycles. The maximum atomic E-state index is 12.6. The van der Waals surface area contributed by atoms with Gasteiger partial charge in [-0.15, -0.1) is 11.3 Å². The Bertz CT molecular complexity index is 1430. The molecule has 7 nitrogen and oxygen atoms in total. The lowest BCUT2D eigenvalue weighted by atomic mass is 10.2. The minimum absolute atomic E-state index is 0.222. The lowest BCUT2D eigenvalue weighted by molar-refractivity contribution is 0.872. The summed E-state index contributed by atoms with van der Waals surface area (Å²) >= 11 is 3.00. The Morgan fingerprint density at radius 3 is 2.66 bits per heavy atom. The highest BCUT2D eigenvalue weighted by Crippen LogP contribution is 2.37. The molecule has 5 rings (SSSR count). The van der Waals surface area contributed by atoms with Crippen LogP contribution in [0.15, 0.2) is 51.5 Å². The number of rotatable bonds is 3. The SMILES string of the molecule is Cc1nc(Sc2nc3c(cnn3-c3ccccc3)c(=O)[nH]2)c2c(C)c(C)sc2n1. The van der Waals surface area contributed by atoms with Crippen LogP contribution in [0.4, 0.5) is 0 Å². The molecule has 0 aliphatic heterocycles. The summed E-state index contributed by atoms with van der Waals surface area (Å²) in [5.41, 5.74) is 2.30. The molecule has 0 saturated heterocycles. The Hall–Kier alpha value is -3.04.